The zero-order chi connectivity index (χ0) is 27.1. The molecule has 4 rings (SSSR count). The maximum absolute atomic E-state index is 13.0. The van der Waals surface area contributed by atoms with Crippen LogP contribution in [0.4, 0.5) is 4.79 Å². The van der Waals surface area contributed by atoms with Crippen molar-refractivity contribution in [3.63, 3.8) is 0 Å². The van der Waals surface area contributed by atoms with Gasteiger partial charge >= 0.3 is 6.09 Å². The molecular weight excluding hydrogens is 504 g/mol. The van der Waals surface area contributed by atoms with Crippen LogP contribution < -0.4 is 15.8 Å². The lowest BCUT2D eigenvalue weighted by Gasteiger charge is -2.35. The van der Waals surface area contributed by atoms with Crippen LogP contribution >= 0.6 is 11.6 Å². The minimum absolute atomic E-state index is 0.0337. The van der Waals surface area contributed by atoms with Crippen molar-refractivity contribution in [2.24, 2.45) is 5.73 Å². The van der Waals surface area contributed by atoms with Gasteiger partial charge in [0.1, 0.15) is 35.9 Å². The van der Waals surface area contributed by atoms with Crippen molar-refractivity contribution in [2.75, 3.05) is 26.3 Å². The van der Waals surface area contributed by atoms with Gasteiger partial charge in [-0.3, -0.25) is 10.3 Å². The predicted molar refractivity (Wildman–Crippen MR) is 146 cm³/mol. The molecule has 1 unspecified atom stereocenters. The van der Waals surface area contributed by atoms with Gasteiger partial charge in [-0.25, -0.2) is 4.79 Å². The molecule has 1 aromatic heterocycles. The molecule has 38 heavy (non-hydrogen) atoms. The Bertz CT molecular complexity index is 1480. The van der Waals surface area contributed by atoms with Crippen LogP contribution in [-0.2, 0) is 11.2 Å². The summed E-state index contributed by atoms with van der Waals surface area (Å²) in [7, 11) is 0. The number of benzene rings is 2. The first kappa shape index (κ1) is 26.5. The lowest BCUT2D eigenvalue weighted by molar-refractivity contribution is 0.0993. The van der Waals surface area contributed by atoms with E-state index in [1.807, 2.05) is 48.5 Å². The zero-order valence-electron chi connectivity index (χ0n) is 20.8. The number of ether oxygens (including phenoxy) is 2. The molecule has 0 radical (unpaired) electrons. The fourth-order valence-electron chi connectivity index (χ4n) is 4.38. The van der Waals surface area contributed by atoms with E-state index in [2.05, 4.69) is 22.1 Å². The van der Waals surface area contributed by atoms with E-state index < -0.39 is 6.09 Å². The molecule has 2 heterocycles. The Kier molecular flexibility index (Phi) is 8.42. The molecule has 194 valence electrons. The van der Waals surface area contributed by atoms with Crippen LogP contribution in [-0.4, -0.2) is 48.1 Å². The molecule has 0 bridgehead atoms. The number of nitrogens with one attached hydrogen (secondary N) is 3. The first-order valence-corrected chi connectivity index (χ1v) is 12.3. The van der Waals surface area contributed by atoms with Crippen LogP contribution in [0.3, 0.4) is 0 Å². The number of hydrogen-bond acceptors (Lipinski definition) is 6. The lowest BCUT2D eigenvalue weighted by atomic mass is 9.92. The molecule has 5 N–H and O–H groups in total. The minimum atomic E-state index is -0.429. The smallest absolute Gasteiger partial charge is 0.411 e. The molecule has 1 amide bonds. The quantitative estimate of drug-likeness (QED) is 0.113. The van der Waals surface area contributed by atoms with Gasteiger partial charge in [0.15, 0.2) is 6.61 Å². The third-order valence-corrected chi connectivity index (χ3v) is 6.37. The number of carbonyl (C=O) groups excluding carboxylic acids is 1. The second-order valence-electron chi connectivity index (χ2n) is 8.49. The fraction of sp³-hybridized carbons (Fsp3) is 0.250. The van der Waals surface area contributed by atoms with E-state index in [0.717, 1.165) is 27.7 Å². The number of aromatic amines is 1. The number of H-pyrrole nitrogens is 1. The Morgan fingerprint density at radius 1 is 1.34 bits per heavy atom. The maximum Gasteiger partial charge on any atom is 0.411 e. The molecule has 0 spiro atoms. The molecule has 1 aliphatic rings. The van der Waals surface area contributed by atoms with Crippen molar-refractivity contribution in [1.29, 1.82) is 10.7 Å². The number of amides is 1. The van der Waals surface area contributed by atoms with Gasteiger partial charge in [-0.05, 0) is 54.8 Å². The van der Waals surface area contributed by atoms with Gasteiger partial charge in [0.25, 0.3) is 0 Å². The largest absolute Gasteiger partial charge is 0.492 e. The average molecular weight is 531 g/mol. The van der Waals surface area contributed by atoms with Gasteiger partial charge in [-0.1, -0.05) is 29.7 Å². The third kappa shape index (κ3) is 5.86. The molecule has 3 aromatic rings. The predicted octanol–water partition coefficient (Wildman–Crippen LogP) is 4.24. The summed E-state index contributed by atoms with van der Waals surface area (Å²) >= 11 is 6.28. The van der Waals surface area contributed by atoms with E-state index in [-0.39, 0.29) is 24.1 Å². The minimum Gasteiger partial charge on any atom is -0.492 e. The van der Waals surface area contributed by atoms with Gasteiger partial charge in [-0.2, -0.15) is 5.26 Å². The monoisotopic (exact) mass is 530 g/mol. The Hall–Kier alpha value is -4.60. The molecule has 9 nitrogen and oxygen atoms in total. The molecule has 0 saturated heterocycles. The van der Waals surface area contributed by atoms with Gasteiger partial charge in [0.2, 0.25) is 0 Å². The lowest BCUT2D eigenvalue weighted by Crippen LogP contribution is -2.41. The summed E-state index contributed by atoms with van der Waals surface area (Å²) < 4.78 is 11.2. The number of rotatable bonds is 8. The summed E-state index contributed by atoms with van der Waals surface area (Å²) in [5.74, 6) is 5.86. The van der Waals surface area contributed by atoms with Crippen LogP contribution in [0.15, 0.2) is 54.2 Å². The SMILES string of the molecule is CC#CCOC(=O)N1CCc2c([nH]c3ccc(Cl)cc23)C1c1ccc(OCCN/C=C(/C#N)C(=N)N)cc1. The molecule has 1 aliphatic heterocycles. The second kappa shape index (κ2) is 12.1. The molecule has 2 aromatic carbocycles. The van der Waals surface area contributed by atoms with Crippen molar-refractivity contribution in [3.8, 4) is 23.7 Å². The van der Waals surface area contributed by atoms with E-state index in [1.54, 1.807) is 11.8 Å². The van der Waals surface area contributed by atoms with Crippen molar-refractivity contribution in [1.82, 2.24) is 15.2 Å². The van der Waals surface area contributed by atoms with Crippen LogP contribution in [0.5, 0.6) is 5.75 Å². The topological polar surface area (TPSA) is 140 Å². The number of fused-ring (bicyclic) bond motifs is 3. The summed E-state index contributed by atoms with van der Waals surface area (Å²) in [6.45, 7) is 2.97. The van der Waals surface area contributed by atoms with E-state index >= 15 is 0 Å². The van der Waals surface area contributed by atoms with E-state index in [1.165, 1.54) is 6.20 Å². The summed E-state index contributed by atoms with van der Waals surface area (Å²) in [5.41, 5.74) is 9.30. The van der Waals surface area contributed by atoms with Crippen molar-refractivity contribution < 1.29 is 14.3 Å². The Morgan fingerprint density at radius 2 is 2.13 bits per heavy atom. The highest BCUT2D eigenvalue weighted by Crippen LogP contribution is 2.39. The van der Waals surface area contributed by atoms with E-state index in [9.17, 15) is 4.79 Å². The fourth-order valence-corrected chi connectivity index (χ4v) is 4.55. The Morgan fingerprint density at radius 3 is 2.84 bits per heavy atom. The number of carbonyl (C=O) groups is 1. The highest BCUT2D eigenvalue weighted by molar-refractivity contribution is 6.31. The van der Waals surface area contributed by atoms with E-state index in [4.69, 9.17) is 37.5 Å². The highest BCUT2D eigenvalue weighted by Gasteiger charge is 2.35. The number of nitriles is 1. The first-order chi connectivity index (χ1) is 18.4. The summed E-state index contributed by atoms with van der Waals surface area (Å²) in [5, 5.41) is 20.9. The normalized spacial score (nSPS) is 14.6. The zero-order valence-corrected chi connectivity index (χ0v) is 21.6. The molecule has 10 heteroatoms. The average Bonchev–Trinajstić information content (AvgIpc) is 3.28. The highest BCUT2D eigenvalue weighted by atomic mass is 35.5. The van der Waals surface area contributed by atoms with E-state index in [0.29, 0.717) is 36.9 Å². The Balaban J connectivity index is 1.54. The van der Waals surface area contributed by atoms with Crippen molar-refractivity contribution >= 4 is 34.4 Å². The van der Waals surface area contributed by atoms with Crippen molar-refractivity contribution in [2.45, 2.75) is 19.4 Å². The molecule has 0 saturated carbocycles. The van der Waals surface area contributed by atoms with Gasteiger partial charge < -0.3 is 25.5 Å². The number of amidine groups is 1. The van der Waals surface area contributed by atoms with Crippen LogP contribution in [0, 0.1) is 28.6 Å². The number of nitrogens with two attached hydrogens (primary N) is 1. The summed E-state index contributed by atoms with van der Waals surface area (Å²) in [6, 6.07) is 14.8. The van der Waals surface area contributed by atoms with Crippen molar-refractivity contribution in [3.05, 3.63) is 76.1 Å². The van der Waals surface area contributed by atoms with Gasteiger partial charge in [0.05, 0.1) is 0 Å². The molecule has 1 atom stereocenters. The molecule has 0 fully saturated rings. The summed E-state index contributed by atoms with van der Waals surface area (Å²) in [4.78, 5) is 18.3. The second-order valence-corrected chi connectivity index (χ2v) is 8.93. The number of halogens is 1. The first-order valence-electron chi connectivity index (χ1n) is 12.0. The van der Waals surface area contributed by atoms with Gasteiger partial charge in [-0.15, -0.1) is 5.92 Å². The molecular formula is C28H27ClN6O3. The number of nitrogens with zero attached hydrogens (tertiary/aromatic N) is 2. The maximum atomic E-state index is 13.0. The van der Waals surface area contributed by atoms with Crippen LogP contribution in [0.1, 0.15) is 29.8 Å². The standard InChI is InChI=1S/C28H27ClN6O3/c1-2-3-13-38-28(36)35-12-10-22-23-15-20(29)6-9-24(23)34-25(22)26(35)18-4-7-21(8-5-18)37-14-11-33-17-19(16-30)27(31)32/h4-9,15,17,26,33-34H,10-14H2,1H3,(H3,31,32)/b19-17-. The van der Waals surface area contributed by atoms with Crippen LogP contribution in [0.25, 0.3) is 10.9 Å². The third-order valence-electron chi connectivity index (χ3n) is 6.14. The molecule has 0 aliphatic carbocycles. The summed E-state index contributed by atoms with van der Waals surface area (Å²) in [6.07, 6.45) is 1.63. The number of hydrogen-bond donors (Lipinski definition) is 4. The van der Waals surface area contributed by atoms with Crippen LogP contribution in [0.2, 0.25) is 5.02 Å². The van der Waals surface area contributed by atoms with Gasteiger partial charge in [0, 0.05) is 40.9 Å². The number of aromatic nitrogens is 1. The Labute approximate surface area is 225 Å².